The van der Waals surface area contributed by atoms with E-state index in [0.29, 0.717) is 12.8 Å². The number of hydrogen-bond acceptors (Lipinski definition) is 5. The first-order valence-electron chi connectivity index (χ1n) is 21.8. The molecule has 0 aromatic heterocycles. The molecule has 0 aromatic carbocycles. The molecule has 4 N–H and O–H groups in total. The lowest BCUT2D eigenvalue weighted by molar-refractivity contribution is -0.130. The summed E-state index contributed by atoms with van der Waals surface area (Å²) < 4.78 is 32.5. The number of aliphatic hydroxyl groups is 2. The monoisotopic (exact) mass is 754 g/mol. The van der Waals surface area contributed by atoms with Crippen molar-refractivity contribution in [3.05, 3.63) is 36.5 Å². The van der Waals surface area contributed by atoms with Crippen LogP contribution in [-0.2, 0) is 14.9 Å². The molecule has 8 heteroatoms. The Balaban J connectivity index is 4.01. The van der Waals surface area contributed by atoms with Gasteiger partial charge in [-0.15, -0.1) is 0 Å². The van der Waals surface area contributed by atoms with Crippen LogP contribution in [0.15, 0.2) is 36.5 Å². The lowest BCUT2D eigenvalue weighted by Crippen LogP contribution is -2.50. The highest BCUT2D eigenvalue weighted by molar-refractivity contribution is 7.85. The number of unbranched alkanes of at least 4 members (excludes halogenated alkanes) is 26. The highest BCUT2D eigenvalue weighted by Crippen LogP contribution is 2.16. The molecule has 0 spiro atoms. The topological polar surface area (TPSA) is 124 Å². The second-order valence-electron chi connectivity index (χ2n) is 15.1. The molecule has 0 saturated heterocycles. The smallest absolute Gasteiger partial charge is 0.267 e. The summed E-state index contributed by atoms with van der Waals surface area (Å²) in [5.74, 6) is -1.56. The van der Waals surface area contributed by atoms with Crippen molar-refractivity contribution in [1.29, 1.82) is 0 Å². The minimum absolute atomic E-state index is 0.274. The van der Waals surface area contributed by atoms with Crippen molar-refractivity contribution in [3.8, 4) is 0 Å². The SMILES string of the molecule is CCCCCCC/C=C/CC/C=C/CC/C=C/C(O)C(CS(=O)(=O)O)NC(=O)C(O)CCCCCCCCCCCCCCCCCCCCCC. The van der Waals surface area contributed by atoms with Crippen molar-refractivity contribution >= 4 is 16.0 Å². The number of hydrogen-bond donors (Lipinski definition) is 4. The van der Waals surface area contributed by atoms with Gasteiger partial charge in [-0.2, -0.15) is 8.42 Å². The summed E-state index contributed by atoms with van der Waals surface area (Å²) in [6, 6.07) is -1.25. The van der Waals surface area contributed by atoms with Crippen molar-refractivity contribution < 1.29 is 28.0 Å². The molecule has 3 atom stereocenters. The van der Waals surface area contributed by atoms with Gasteiger partial charge in [-0.25, -0.2) is 0 Å². The second kappa shape index (κ2) is 37.8. The first-order chi connectivity index (χ1) is 25.2. The summed E-state index contributed by atoms with van der Waals surface area (Å²) >= 11 is 0. The molecular weight excluding hydrogens is 671 g/mol. The Morgan fingerprint density at radius 2 is 0.865 bits per heavy atom. The number of allylic oxidation sites excluding steroid dienone is 5. The van der Waals surface area contributed by atoms with E-state index in [4.69, 9.17) is 0 Å². The summed E-state index contributed by atoms with van der Waals surface area (Å²) in [4.78, 5) is 12.6. The fraction of sp³-hybridized carbons (Fsp3) is 0.841. The van der Waals surface area contributed by atoms with Gasteiger partial charge in [0.2, 0.25) is 5.91 Å². The molecule has 306 valence electrons. The van der Waals surface area contributed by atoms with E-state index in [0.717, 1.165) is 44.9 Å². The maximum atomic E-state index is 12.6. The first kappa shape index (κ1) is 50.5. The van der Waals surface area contributed by atoms with Crippen LogP contribution < -0.4 is 5.32 Å². The maximum Gasteiger partial charge on any atom is 0.267 e. The molecule has 0 bridgehead atoms. The standard InChI is InChI=1S/C44H83NO6S/c1-3-5-7-9-11-13-15-17-19-20-21-22-23-25-27-29-31-33-35-37-39-43(47)44(48)45-41(40-52(49,50)51)42(46)38-36-34-32-30-28-26-24-18-16-14-12-10-8-6-4-2/h16,18,28,30,36,38,41-43,46-47H,3-15,17,19-27,29,31-35,37,39-40H2,1-2H3,(H,45,48)(H,49,50,51)/b18-16+,30-28+,38-36+. The van der Waals surface area contributed by atoms with Crippen molar-refractivity contribution in [1.82, 2.24) is 5.32 Å². The normalized spacial score (nSPS) is 14.2. The summed E-state index contributed by atoms with van der Waals surface area (Å²) in [7, 11) is -4.45. The zero-order valence-electron chi connectivity index (χ0n) is 33.8. The summed E-state index contributed by atoms with van der Waals surface area (Å²) in [5.41, 5.74) is 0. The van der Waals surface area contributed by atoms with E-state index < -0.39 is 40.0 Å². The van der Waals surface area contributed by atoms with Crippen molar-refractivity contribution in [2.24, 2.45) is 0 Å². The Morgan fingerprint density at radius 1 is 0.519 bits per heavy atom. The van der Waals surface area contributed by atoms with Crippen LogP contribution in [0.4, 0.5) is 0 Å². The zero-order valence-corrected chi connectivity index (χ0v) is 34.6. The third kappa shape index (κ3) is 36.9. The van der Waals surface area contributed by atoms with Crippen LogP contribution in [0.5, 0.6) is 0 Å². The van der Waals surface area contributed by atoms with Crippen LogP contribution in [0.2, 0.25) is 0 Å². The van der Waals surface area contributed by atoms with Crippen LogP contribution in [0.3, 0.4) is 0 Å². The number of rotatable bonds is 39. The van der Waals surface area contributed by atoms with E-state index >= 15 is 0 Å². The van der Waals surface area contributed by atoms with E-state index in [1.165, 1.54) is 141 Å². The van der Waals surface area contributed by atoms with Gasteiger partial charge in [0.1, 0.15) is 6.10 Å². The van der Waals surface area contributed by atoms with Gasteiger partial charge in [0, 0.05) is 0 Å². The van der Waals surface area contributed by atoms with E-state index in [1.807, 2.05) is 0 Å². The molecule has 0 aliphatic rings. The lowest BCUT2D eigenvalue weighted by atomic mass is 10.0. The Kier molecular flexibility index (Phi) is 36.7. The molecular formula is C44H83NO6S. The summed E-state index contributed by atoms with van der Waals surface area (Å²) in [6.07, 6.45) is 46.3. The number of aliphatic hydroxyl groups excluding tert-OH is 2. The first-order valence-corrected chi connectivity index (χ1v) is 23.4. The number of carbonyl (C=O) groups is 1. The number of nitrogens with one attached hydrogen (secondary N) is 1. The van der Waals surface area contributed by atoms with Crippen molar-refractivity contribution in [2.75, 3.05) is 5.75 Å². The van der Waals surface area contributed by atoms with E-state index in [-0.39, 0.29) is 6.42 Å². The molecule has 0 aliphatic heterocycles. The van der Waals surface area contributed by atoms with Gasteiger partial charge in [-0.05, 0) is 44.9 Å². The van der Waals surface area contributed by atoms with E-state index in [9.17, 15) is 28.0 Å². The van der Waals surface area contributed by atoms with Crippen molar-refractivity contribution in [3.63, 3.8) is 0 Å². The van der Waals surface area contributed by atoms with Crippen LogP contribution >= 0.6 is 0 Å². The molecule has 52 heavy (non-hydrogen) atoms. The molecule has 0 rings (SSSR count). The van der Waals surface area contributed by atoms with Gasteiger partial charge < -0.3 is 15.5 Å². The molecule has 7 nitrogen and oxygen atoms in total. The van der Waals surface area contributed by atoms with Crippen LogP contribution in [0, 0.1) is 0 Å². The maximum absolute atomic E-state index is 12.6. The fourth-order valence-electron chi connectivity index (χ4n) is 6.55. The van der Waals surface area contributed by atoms with E-state index in [1.54, 1.807) is 6.08 Å². The summed E-state index contributed by atoms with van der Waals surface area (Å²) in [6.45, 7) is 4.50. The van der Waals surface area contributed by atoms with Crippen LogP contribution in [0.1, 0.15) is 213 Å². The van der Waals surface area contributed by atoms with Crippen LogP contribution in [0.25, 0.3) is 0 Å². The summed E-state index contributed by atoms with van der Waals surface area (Å²) in [5, 5.41) is 23.4. The van der Waals surface area contributed by atoms with Gasteiger partial charge in [-0.1, -0.05) is 204 Å². The Labute approximate surface area is 321 Å². The molecule has 0 fully saturated rings. The van der Waals surface area contributed by atoms with Gasteiger partial charge in [0.15, 0.2) is 0 Å². The molecule has 0 saturated carbocycles. The number of carbonyl (C=O) groups excluding carboxylic acids is 1. The van der Waals surface area contributed by atoms with Gasteiger partial charge in [0.05, 0.1) is 17.9 Å². The predicted octanol–water partition coefficient (Wildman–Crippen LogP) is 11.9. The molecule has 1 amide bonds. The Bertz CT molecular complexity index is 979. The minimum Gasteiger partial charge on any atom is -0.387 e. The largest absolute Gasteiger partial charge is 0.387 e. The third-order valence-corrected chi connectivity index (χ3v) is 10.7. The average molecular weight is 754 g/mol. The van der Waals surface area contributed by atoms with E-state index in [2.05, 4.69) is 43.5 Å². The Hall–Kier alpha value is -1.48. The quantitative estimate of drug-likeness (QED) is 0.0281. The van der Waals surface area contributed by atoms with Gasteiger partial charge >= 0.3 is 0 Å². The zero-order chi connectivity index (χ0) is 38.4. The molecule has 0 aliphatic carbocycles. The molecule has 0 heterocycles. The lowest BCUT2D eigenvalue weighted by Gasteiger charge is -2.22. The molecule has 0 aromatic rings. The second-order valence-corrected chi connectivity index (χ2v) is 16.6. The predicted molar refractivity (Wildman–Crippen MR) is 222 cm³/mol. The third-order valence-electron chi connectivity index (χ3n) is 9.90. The minimum atomic E-state index is -4.45. The molecule has 0 radical (unpaired) electrons. The van der Waals surface area contributed by atoms with Crippen LogP contribution in [-0.4, -0.2) is 53.1 Å². The highest BCUT2D eigenvalue weighted by atomic mass is 32.2. The van der Waals surface area contributed by atoms with Crippen molar-refractivity contribution in [2.45, 2.75) is 231 Å². The Morgan fingerprint density at radius 3 is 1.27 bits per heavy atom. The fourth-order valence-corrected chi connectivity index (χ4v) is 7.28. The molecule has 3 unspecified atom stereocenters. The van der Waals surface area contributed by atoms with Gasteiger partial charge in [0.25, 0.3) is 10.1 Å². The van der Waals surface area contributed by atoms with Gasteiger partial charge in [-0.3, -0.25) is 9.35 Å². The highest BCUT2D eigenvalue weighted by Gasteiger charge is 2.27. The number of amides is 1. The average Bonchev–Trinajstić information content (AvgIpc) is 3.11.